The SMILES string of the molecule is CCN(C(=O)c1cc(C)c(C(=O)O)s1)c1cccc(O)c1. The van der Waals surface area contributed by atoms with Crippen molar-refractivity contribution in [2.45, 2.75) is 13.8 Å². The lowest BCUT2D eigenvalue weighted by Crippen LogP contribution is -2.29. The number of benzene rings is 1. The zero-order chi connectivity index (χ0) is 15.6. The molecule has 1 aromatic heterocycles. The van der Waals surface area contributed by atoms with Crippen LogP contribution in [-0.4, -0.2) is 28.6 Å². The Morgan fingerprint density at radius 3 is 2.52 bits per heavy atom. The van der Waals surface area contributed by atoms with Crippen LogP contribution in [0.15, 0.2) is 30.3 Å². The number of carbonyl (C=O) groups excluding carboxylic acids is 1. The summed E-state index contributed by atoms with van der Waals surface area (Å²) in [6.45, 7) is 3.91. The van der Waals surface area contributed by atoms with Crippen LogP contribution in [0.1, 0.15) is 31.8 Å². The highest BCUT2D eigenvalue weighted by atomic mass is 32.1. The molecule has 0 aliphatic heterocycles. The van der Waals surface area contributed by atoms with Gasteiger partial charge in [0.2, 0.25) is 0 Å². The first-order chi connectivity index (χ1) is 9.93. The minimum Gasteiger partial charge on any atom is -0.508 e. The summed E-state index contributed by atoms with van der Waals surface area (Å²) in [6.07, 6.45) is 0. The van der Waals surface area contributed by atoms with Crippen LogP contribution >= 0.6 is 11.3 Å². The zero-order valence-electron chi connectivity index (χ0n) is 11.7. The molecule has 21 heavy (non-hydrogen) atoms. The lowest BCUT2D eigenvalue weighted by Gasteiger charge is -2.20. The van der Waals surface area contributed by atoms with Crippen LogP contribution < -0.4 is 4.90 Å². The number of aryl methyl sites for hydroxylation is 1. The van der Waals surface area contributed by atoms with Crippen LogP contribution in [-0.2, 0) is 0 Å². The van der Waals surface area contributed by atoms with Gasteiger partial charge in [0.25, 0.3) is 5.91 Å². The quantitative estimate of drug-likeness (QED) is 0.909. The molecule has 0 atom stereocenters. The van der Waals surface area contributed by atoms with Crippen molar-refractivity contribution in [1.82, 2.24) is 0 Å². The monoisotopic (exact) mass is 305 g/mol. The van der Waals surface area contributed by atoms with E-state index in [4.69, 9.17) is 5.11 Å². The van der Waals surface area contributed by atoms with Crippen molar-refractivity contribution < 1.29 is 19.8 Å². The van der Waals surface area contributed by atoms with Gasteiger partial charge in [0.1, 0.15) is 10.6 Å². The fourth-order valence-electron chi connectivity index (χ4n) is 2.04. The van der Waals surface area contributed by atoms with E-state index in [0.29, 0.717) is 22.7 Å². The van der Waals surface area contributed by atoms with E-state index in [1.807, 2.05) is 6.92 Å². The Balaban J connectivity index is 2.37. The molecule has 1 aromatic carbocycles. The molecule has 2 aromatic rings. The van der Waals surface area contributed by atoms with Crippen LogP contribution in [0.5, 0.6) is 5.75 Å². The first kappa shape index (κ1) is 15.1. The van der Waals surface area contributed by atoms with Crippen molar-refractivity contribution in [3.05, 3.63) is 45.6 Å². The van der Waals surface area contributed by atoms with E-state index >= 15 is 0 Å². The molecule has 1 amide bonds. The highest BCUT2D eigenvalue weighted by Crippen LogP contribution is 2.26. The smallest absolute Gasteiger partial charge is 0.346 e. The van der Waals surface area contributed by atoms with Crippen molar-refractivity contribution in [2.24, 2.45) is 0 Å². The minimum absolute atomic E-state index is 0.0762. The average Bonchev–Trinajstić information content (AvgIpc) is 2.82. The first-order valence-electron chi connectivity index (χ1n) is 6.38. The summed E-state index contributed by atoms with van der Waals surface area (Å²) in [4.78, 5) is 25.6. The zero-order valence-corrected chi connectivity index (χ0v) is 12.5. The van der Waals surface area contributed by atoms with Crippen LogP contribution in [0.4, 0.5) is 5.69 Å². The molecule has 2 N–H and O–H groups in total. The molecular formula is C15H15NO4S. The van der Waals surface area contributed by atoms with Gasteiger partial charge in [-0.15, -0.1) is 11.3 Å². The van der Waals surface area contributed by atoms with Gasteiger partial charge < -0.3 is 15.1 Å². The minimum atomic E-state index is -1.03. The Bertz CT molecular complexity index is 693. The van der Waals surface area contributed by atoms with Gasteiger partial charge in [-0.25, -0.2) is 4.79 Å². The Morgan fingerprint density at radius 2 is 2.00 bits per heavy atom. The number of carboxylic acid groups (broad SMARTS) is 1. The number of thiophene rings is 1. The second-order valence-corrected chi connectivity index (χ2v) is 5.55. The molecule has 0 aliphatic carbocycles. The molecule has 5 nitrogen and oxygen atoms in total. The summed E-state index contributed by atoms with van der Waals surface area (Å²) < 4.78 is 0. The average molecular weight is 305 g/mol. The number of carboxylic acids is 1. The van der Waals surface area contributed by atoms with Crippen molar-refractivity contribution in [3.63, 3.8) is 0 Å². The summed E-state index contributed by atoms with van der Waals surface area (Å²) in [7, 11) is 0. The van der Waals surface area contributed by atoms with Gasteiger partial charge in [0, 0.05) is 18.3 Å². The molecule has 110 valence electrons. The maximum atomic E-state index is 12.5. The number of hydrogen-bond acceptors (Lipinski definition) is 4. The van der Waals surface area contributed by atoms with Gasteiger partial charge >= 0.3 is 5.97 Å². The fourth-order valence-corrected chi connectivity index (χ4v) is 3.00. The van der Waals surface area contributed by atoms with Crippen LogP contribution in [0.25, 0.3) is 0 Å². The number of aromatic hydroxyl groups is 1. The highest BCUT2D eigenvalue weighted by molar-refractivity contribution is 7.16. The number of phenols is 1. The molecular weight excluding hydrogens is 290 g/mol. The predicted molar refractivity (Wildman–Crippen MR) is 81.5 cm³/mol. The Hall–Kier alpha value is -2.34. The van der Waals surface area contributed by atoms with E-state index in [1.54, 1.807) is 25.1 Å². The molecule has 0 aliphatic rings. The number of carbonyl (C=O) groups is 2. The molecule has 0 bridgehead atoms. The third-order valence-electron chi connectivity index (χ3n) is 3.03. The van der Waals surface area contributed by atoms with E-state index in [2.05, 4.69) is 0 Å². The van der Waals surface area contributed by atoms with Crippen LogP contribution in [0, 0.1) is 6.92 Å². The Morgan fingerprint density at radius 1 is 1.29 bits per heavy atom. The van der Waals surface area contributed by atoms with Crippen LogP contribution in [0.2, 0.25) is 0 Å². The standard InChI is InChI=1S/C15H15NO4S/c1-3-16(10-5-4-6-11(17)8-10)14(18)12-7-9(2)13(21-12)15(19)20/h4-8,17H,3H2,1-2H3,(H,19,20). The van der Waals surface area contributed by atoms with E-state index in [-0.39, 0.29) is 16.5 Å². The lowest BCUT2D eigenvalue weighted by atomic mass is 10.2. The van der Waals surface area contributed by atoms with Gasteiger partial charge in [-0.2, -0.15) is 0 Å². The summed E-state index contributed by atoms with van der Waals surface area (Å²) >= 11 is 0.965. The summed E-state index contributed by atoms with van der Waals surface area (Å²) in [5.74, 6) is -1.23. The van der Waals surface area contributed by atoms with Gasteiger partial charge in [-0.3, -0.25) is 4.79 Å². The Labute approximate surface area is 126 Å². The van der Waals surface area contributed by atoms with Gasteiger partial charge in [0.15, 0.2) is 0 Å². The lowest BCUT2D eigenvalue weighted by molar-refractivity contribution is 0.0701. The summed E-state index contributed by atoms with van der Waals surface area (Å²) in [5, 5.41) is 18.6. The summed E-state index contributed by atoms with van der Waals surface area (Å²) in [6, 6.07) is 7.99. The molecule has 0 fully saturated rings. The number of phenolic OH excluding ortho intramolecular Hbond substituents is 1. The number of amides is 1. The molecule has 0 unspecified atom stereocenters. The van der Waals surface area contributed by atoms with Gasteiger partial charge in [-0.1, -0.05) is 6.07 Å². The van der Waals surface area contributed by atoms with Gasteiger partial charge in [-0.05, 0) is 37.6 Å². The molecule has 0 spiro atoms. The number of hydrogen-bond donors (Lipinski definition) is 2. The normalized spacial score (nSPS) is 10.4. The number of rotatable bonds is 4. The van der Waals surface area contributed by atoms with Crippen molar-refractivity contribution >= 4 is 28.9 Å². The van der Waals surface area contributed by atoms with Crippen molar-refractivity contribution in [1.29, 1.82) is 0 Å². The highest BCUT2D eigenvalue weighted by Gasteiger charge is 2.21. The molecule has 2 rings (SSSR count). The third kappa shape index (κ3) is 3.05. The molecule has 0 saturated heterocycles. The maximum Gasteiger partial charge on any atom is 0.346 e. The second kappa shape index (κ2) is 5.97. The second-order valence-electron chi connectivity index (χ2n) is 4.50. The number of anilines is 1. The predicted octanol–water partition coefficient (Wildman–Crippen LogP) is 3.13. The Kier molecular flexibility index (Phi) is 4.28. The molecule has 6 heteroatoms. The molecule has 0 radical (unpaired) electrons. The van der Waals surface area contributed by atoms with Gasteiger partial charge in [0.05, 0.1) is 4.88 Å². The number of nitrogens with zero attached hydrogens (tertiary/aromatic N) is 1. The first-order valence-corrected chi connectivity index (χ1v) is 7.20. The fraction of sp³-hybridized carbons (Fsp3) is 0.200. The van der Waals surface area contributed by atoms with Crippen molar-refractivity contribution in [3.8, 4) is 5.75 Å². The van der Waals surface area contributed by atoms with E-state index in [9.17, 15) is 14.7 Å². The summed E-state index contributed by atoms with van der Waals surface area (Å²) in [5.41, 5.74) is 1.15. The number of aromatic carboxylic acids is 1. The molecule has 1 heterocycles. The van der Waals surface area contributed by atoms with E-state index in [1.165, 1.54) is 17.0 Å². The molecule has 0 saturated carbocycles. The van der Waals surface area contributed by atoms with Crippen LogP contribution in [0.3, 0.4) is 0 Å². The van der Waals surface area contributed by atoms with E-state index in [0.717, 1.165) is 11.3 Å². The topological polar surface area (TPSA) is 77.8 Å². The van der Waals surface area contributed by atoms with E-state index < -0.39 is 5.97 Å². The maximum absolute atomic E-state index is 12.5. The van der Waals surface area contributed by atoms with Crippen molar-refractivity contribution in [2.75, 3.05) is 11.4 Å². The largest absolute Gasteiger partial charge is 0.508 e. The third-order valence-corrected chi connectivity index (χ3v) is 4.24.